The maximum absolute atomic E-state index is 6.57. The Morgan fingerprint density at radius 3 is 1.31 bits per heavy atom. The van der Waals surface area contributed by atoms with Crippen LogP contribution in [0.15, 0.2) is 87.4 Å². The summed E-state index contributed by atoms with van der Waals surface area (Å²) in [6, 6.07) is 18.8. The second-order valence-electron chi connectivity index (χ2n) is 11.6. The lowest BCUT2D eigenvalue weighted by molar-refractivity contribution is 0.556. The molecule has 3 heterocycles. The standard InChI is InChI=1S/C29H33N13/c1-28(2,3)22-20(37-35-18-13-9-7-10-14-18)24(30)41(39-22)26-32-17-33-27(34-26)42-25(31)21(23(40-42)29(4,5)6)38-36-19-15-11-8-12-16-19/h7-17H,30-31H2,1-6H3. The van der Waals surface area contributed by atoms with Gasteiger partial charge in [-0.15, -0.1) is 10.2 Å². The van der Waals surface area contributed by atoms with Gasteiger partial charge in [0.15, 0.2) is 23.0 Å². The minimum absolute atomic E-state index is 0.170. The van der Waals surface area contributed by atoms with Crippen molar-refractivity contribution in [1.82, 2.24) is 34.5 Å². The lowest BCUT2D eigenvalue weighted by Gasteiger charge is -2.15. The molecule has 3 aromatic heterocycles. The van der Waals surface area contributed by atoms with E-state index in [1.165, 1.54) is 15.7 Å². The summed E-state index contributed by atoms with van der Waals surface area (Å²) in [7, 11) is 0. The van der Waals surface area contributed by atoms with Gasteiger partial charge >= 0.3 is 0 Å². The Balaban J connectivity index is 1.59. The summed E-state index contributed by atoms with van der Waals surface area (Å²) in [5, 5.41) is 27.1. The van der Waals surface area contributed by atoms with E-state index in [4.69, 9.17) is 21.7 Å². The number of aromatic nitrogens is 7. The van der Waals surface area contributed by atoms with E-state index in [-0.39, 0.29) is 23.5 Å². The topological polar surface area (TPSA) is 176 Å². The van der Waals surface area contributed by atoms with Crippen molar-refractivity contribution < 1.29 is 0 Å². The van der Waals surface area contributed by atoms with Gasteiger partial charge in [-0.2, -0.15) is 44.7 Å². The van der Waals surface area contributed by atoms with Gasteiger partial charge in [0.2, 0.25) is 0 Å². The molecular weight excluding hydrogens is 530 g/mol. The molecule has 0 fully saturated rings. The first kappa shape index (κ1) is 28.2. The SMILES string of the molecule is CC(C)(C)c1nn(-c2ncnc(-n3nc(C(C)(C)C)c(N=Nc4ccccc4)c3N)n2)c(N)c1N=Nc1ccccc1. The van der Waals surface area contributed by atoms with E-state index in [0.29, 0.717) is 34.1 Å². The molecular formula is C29H33N13. The van der Waals surface area contributed by atoms with Crippen LogP contribution in [-0.4, -0.2) is 34.5 Å². The van der Waals surface area contributed by atoms with Crippen molar-refractivity contribution in [2.75, 3.05) is 11.5 Å². The molecule has 13 nitrogen and oxygen atoms in total. The Kier molecular flexibility index (Phi) is 7.33. The average Bonchev–Trinajstić information content (AvgIpc) is 3.48. The van der Waals surface area contributed by atoms with Gasteiger partial charge < -0.3 is 11.5 Å². The molecule has 0 amide bonds. The fourth-order valence-corrected chi connectivity index (χ4v) is 4.05. The number of anilines is 2. The molecule has 0 spiro atoms. The van der Waals surface area contributed by atoms with Crippen LogP contribution in [0, 0.1) is 0 Å². The third kappa shape index (κ3) is 5.75. The molecule has 2 aromatic carbocycles. The van der Waals surface area contributed by atoms with Crippen LogP contribution in [0.4, 0.5) is 34.4 Å². The molecule has 0 bridgehead atoms. The Labute approximate surface area is 243 Å². The van der Waals surface area contributed by atoms with Crippen molar-refractivity contribution in [3.05, 3.63) is 78.4 Å². The molecule has 42 heavy (non-hydrogen) atoms. The van der Waals surface area contributed by atoms with Gasteiger partial charge in [-0.05, 0) is 24.3 Å². The molecule has 0 saturated heterocycles. The van der Waals surface area contributed by atoms with Crippen molar-refractivity contribution in [3.63, 3.8) is 0 Å². The minimum atomic E-state index is -0.396. The fraction of sp³-hybridized carbons (Fsp3) is 0.276. The Bertz CT molecular complexity index is 1630. The maximum atomic E-state index is 6.57. The Hall–Kier alpha value is -5.33. The Morgan fingerprint density at radius 2 is 0.952 bits per heavy atom. The van der Waals surface area contributed by atoms with Gasteiger partial charge in [-0.25, -0.2) is 0 Å². The number of benzene rings is 2. The summed E-state index contributed by atoms with van der Waals surface area (Å²) in [6.07, 6.45) is 1.35. The van der Waals surface area contributed by atoms with Crippen molar-refractivity contribution >= 4 is 34.4 Å². The first-order valence-electron chi connectivity index (χ1n) is 13.3. The highest BCUT2D eigenvalue weighted by Gasteiger charge is 2.30. The van der Waals surface area contributed by atoms with Crippen LogP contribution in [0.5, 0.6) is 0 Å². The lowest BCUT2D eigenvalue weighted by Crippen LogP contribution is -2.16. The minimum Gasteiger partial charge on any atom is -0.382 e. The van der Waals surface area contributed by atoms with Gasteiger partial charge in [0, 0.05) is 10.8 Å². The number of hydrogen-bond donors (Lipinski definition) is 2. The van der Waals surface area contributed by atoms with Gasteiger partial charge in [-0.3, -0.25) is 0 Å². The zero-order chi connectivity index (χ0) is 30.1. The molecule has 5 aromatic rings. The van der Waals surface area contributed by atoms with Crippen molar-refractivity contribution in [1.29, 1.82) is 0 Å². The van der Waals surface area contributed by atoms with E-state index in [0.717, 1.165) is 0 Å². The molecule has 0 unspecified atom stereocenters. The van der Waals surface area contributed by atoms with Crippen molar-refractivity contribution in [3.8, 4) is 11.9 Å². The van der Waals surface area contributed by atoms with E-state index >= 15 is 0 Å². The summed E-state index contributed by atoms with van der Waals surface area (Å²) >= 11 is 0. The number of hydrogen-bond acceptors (Lipinski definition) is 11. The number of nitrogen functional groups attached to an aromatic ring is 2. The van der Waals surface area contributed by atoms with Crippen LogP contribution in [0.3, 0.4) is 0 Å². The number of rotatable bonds is 6. The second kappa shape index (κ2) is 10.9. The monoisotopic (exact) mass is 563 g/mol. The van der Waals surface area contributed by atoms with Crippen LogP contribution in [-0.2, 0) is 10.8 Å². The van der Waals surface area contributed by atoms with Crippen molar-refractivity contribution in [2.45, 2.75) is 52.4 Å². The Morgan fingerprint density at radius 1 is 0.571 bits per heavy atom. The van der Waals surface area contributed by atoms with Crippen LogP contribution in [0.1, 0.15) is 52.9 Å². The smallest absolute Gasteiger partial charge is 0.257 e. The molecule has 4 N–H and O–H groups in total. The van der Waals surface area contributed by atoms with Gasteiger partial charge in [0.05, 0.1) is 22.8 Å². The summed E-state index contributed by atoms with van der Waals surface area (Å²) in [6.45, 7) is 12.1. The van der Waals surface area contributed by atoms with Crippen LogP contribution in [0.2, 0.25) is 0 Å². The third-order valence-corrected chi connectivity index (χ3v) is 6.18. The van der Waals surface area contributed by atoms with E-state index < -0.39 is 10.8 Å². The number of nitrogens with zero attached hydrogens (tertiary/aromatic N) is 11. The second-order valence-corrected chi connectivity index (χ2v) is 11.6. The summed E-state index contributed by atoms with van der Waals surface area (Å²) in [5.41, 5.74) is 15.9. The molecule has 0 aliphatic rings. The van der Waals surface area contributed by atoms with Gasteiger partial charge in [-0.1, -0.05) is 77.9 Å². The highest BCUT2D eigenvalue weighted by Crippen LogP contribution is 2.39. The normalized spacial score (nSPS) is 12.5. The zero-order valence-electron chi connectivity index (χ0n) is 24.4. The largest absolute Gasteiger partial charge is 0.382 e. The molecule has 0 atom stereocenters. The molecule has 13 heteroatoms. The highest BCUT2D eigenvalue weighted by molar-refractivity contribution is 5.66. The third-order valence-electron chi connectivity index (χ3n) is 6.18. The van der Waals surface area contributed by atoms with E-state index in [1.807, 2.05) is 102 Å². The zero-order valence-corrected chi connectivity index (χ0v) is 24.4. The lowest BCUT2D eigenvalue weighted by atomic mass is 9.91. The maximum Gasteiger partial charge on any atom is 0.257 e. The van der Waals surface area contributed by atoms with E-state index in [2.05, 4.69) is 35.4 Å². The average molecular weight is 564 g/mol. The quantitative estimate of drug-likeness (QED) is 0.213. The van der Waals surface area contributed by atoms with E-state index in [9.17, 15) is 0 Å². The molecule has 0 aliphatic carbocycles. The molecule has 0 radical (unpaired) electrons. The van der Waals surface area contributed by atoms with E-state index in [1.54, 1.807) is 0 Å². The number of nitrogens with two attached hydrogens (primary N) is 2. The van der Waals surface area contributed by atoms with Crippen molar-refractivity contribution in [2.24, 2.45) is 20.5 Å². The van der Waals surface area contributed by atoms with Crippen LogP contribution in [0.25, 0.3) is 11.9 Å². The van der Waals surface area contributed by atoms with Crippen LogP contribution < -0.4 is 11.5 Å². The summed E-state index contributed by atoms with van der Waals surface area (Å²) in [5.74, 6) is 0.809. The summed E-state index contributed by atoms with van der Waals surface area (Å²) in [4.78, 5) is 13.3. The van der Waals surface area contributed by atoms with Crippen LogP contribution >= 0.6 is 0 Å². The first-order valence-corrected chi connectivity index (χ1v) is 13.3. The predicted molar refractivity (Wildman–Crippen MR) is 162 cm³/mol. The first-order chi connectivity index (χ1) is 19.9. The molecule has 0 saturated carbocycles. The molecule has 214 valence electrons. The predicted octanol–water partition coefficient (Wildman–Crippen LogP) is 6.83. The van der Waals surface area contributed by atoms with Gasteiger partial charge in [0.1, 0.15) is 6.33 Å². The van der Waals surface area contributed by atoms with Gasteiger partial charge in [0.25, 0.3) is 11.9 Å². The molecule has 5 rings (SSSR count). The fourth-order valence-electron chi connectivity index (χ4n) is 4.05. The molecule has 0 aliphatic heterocycles. The highest BCUT2D eigenvalue weighted by atomic mass is 15.4. The number of azo groups is 2. The summed E-state index contributed by atoms with van der Waals surface area (Å²) < 4.78 is 2.84.